The Hall–Kier alpha value is -2.57. The van der Waals surface area contributed by atoms with Crippen molar-refractivity contribution in [3.05, 3.63) is 35.2 Å². The van der Waals surface area contributed by atoms with Crippen molar-refractivity contribution in [3.63, 3.8) is 0 Å². The number of carbonyl (C=O) groups is 3. The fourth-order valence-corrected chi connectivity index (χ4v) is 2.12. The first-order valence-electron chi connectivity index (χ1n) is 7.68. The Morgan fingerprint density at radius 3 is 2.33 bits per heavy atom. The van der Waals surface area contributed by atoms with Gasteiger partial charge in [0.15, 0.2) is 6.10 Å². The lowest BCUT2D eigenvalue weighted by Gasteiger charge is -2.12. The molecule has 24 heavy (non-hydrogen) atoms. The van der Waals surface area contributed by atoms with E-state index >= 15 is 0 Å². The molecule has 1 heterocycles. The van der Waals surface area contributed by atoms with Gasteiger partial charge >= 0.3 is 11.9 Å². The first-order chi connectivity index (χ1) is 11.2. The Labute approximate surface area is 141 Å². The number of rotatable bonds is 7. The van der Waals surface area contributed by atoms with Gasteiger partial charge in [-0.15, -0.1) is 6.58 Å². The summed E-state index contributed by atoms with van der Waals surface area (Å²) in [7, 11) is 0. The van der Waals surface area contributed by atoms with Gasteiger partial charge in [0.1, 0.15) is 5.69 Å². The lowest BCUT2D eigenvalue weighted by molar-refractivity contribution is -0.128. The average molecular weight is 336 g/mol. The van der Waals surface area contributed by atoms with Crippen LogP contribution in [0.1, 0.15) is 52.9 Å². The minimum atomic E-state index is -0.966. The zero-order chi connectivity index (χ0) is 18.4. The predicted molar refractivity (Wildman–Crippen MR) is 88.9 cm³/mol. The summed E-state index contributed by atoms with van der Waals surface area (Å²) in [5, 5.41) is 2.54. The van der Waals surface area contributed by atoms with E-state index in [1.807, 2.05) is 0 Å². The molecule has 0 aromatic carbocycles. The molecule has 0 unspecified atom stereocenters. The van der Waals surface area contributed by atoms with Crippen LogP contribution in [0.3, 0.4) is 0 Å². The summed E-state index contributed by atoms with van der Waals surface area (Å²) in [4.78, 5) is 38.9. The van der Waals surface area contributed by atoms with Crippen molar-refractivity contribution in [1.29, 1.82) is 0 Å². The van der Waals surface area contributed by atoms with Crippen molar-refractivity contribution >= 4 is 17.8 Å². The molecule has 1 amide bonds. The highest BCUT2D eigenvalue weighted by molar-refractivity contribution is 5.99. The van der Waals surface area contributed by atoms with Gasteiger partial charge in [0, 0.05) is 12.2 Å². The van der Waals surface area contributed by atoms with Crippen molar-refractivity contribution in [2.24, 2.45) is 0 Å². The number of aryl methyl sites for hydroxylation is 1. The molecule has 0 fully saturated rings. The topological polar surface area (TPSA) is 97.5 Å². The second kappa shape index (κ2) is 8.33. The Morgan fingerprint density at radius 2 is 1.79 bits per heavy atom. The lowest BCUT2D eigenvalue weighted by Crippen LogP contribution is -2.36. The first kappa shape index (κ1) is 19.5. The van der Waals surface area contributed by atoms with Gasteiger partial charge < -0.3 is 19.8 Å². The van der Waals surface area contributed by atoms with Crippen LogP contribution in [0, 0.1) is 13.8 Å². The van der Waals surface area contributed by atoms with Crippen LogP contribution in [0.4, 0.5) is 0 Å². The summed E-state index contributed by atoms with van der Waals surface area (Å²) in [6.07, 6.45) is 0.291. The van der Waals surface area contributed by atoms with Crippen LogP contribution < -0.4 is 5.32 Å². The Kier molecular flexibility index (Phi) is 6.76. The number of aromatic nitrogens is 1. The Balaban J connectivity index is 2.91. The number of hydrogen-bond acceptors (Lipinski definition) is 5. The molecule has 1 atom stereocenters. The molecule has 0 spiro atoms. The standard InChI is InChI=1S/C17H24N2O5/c1-7-8-18-15(20)12(6)24-17(22)14-10(4)13(11(5)19-14)16(21)23-9(2)3/h7,9,12,19H,1,8H2,2-6H3,(H,18,20)/t12-/m1/s1. The van der Waals surface area contributed by atoms with Crippen LogP contribution >= 0.6 is 0 Å². The fourth-order valence-electron chi connectivity index (χ4n) is 2.12. The molecule has 132 valence electrons. The third-order valence-corrected chi connectivity index (χ3v) is 3.26. The summed E-state index contributed by atoms with van der Waals surface area (Å²) >= 11 is 0. The van der Waals surface area contributed by atoms with Gasteiger partial charge in [-0.05, 0) is 40.2 Å². The molecule has 2 N–H and O–H groups in total. The largest absolute Gasteiger partial charge is 0.459 e. The zero-order valence-electron chi connectivity index (χ0n) is 14.7. The fraction of sp³-hybridized carbons (Fsp3) is 0.471. The number of nitrogens with one attached hydrogen (secondary N) is 2. The highest BCUT2D eigenvalue weighted by atomic mass is 16.6. The van der Waals surface area contributed by atoms with Crippen molar-refractivity contribution in [1.82, 2.24) is 10.3 Å². The van der Waals surface area contributed by atoms with E-state index in [1.165, 1.54) is 13.0 Å². The maximum Gasteiger partial charge on any atom is 0.355 e. The van der Waals surface area contributed by atoms with Gasteiger partial charge in [-0.1, -0.05) is 6.08 Å². The molecule has 0 radical (unpaired) electrons. The summed E-state index contributed by atoms with van der Waals surface area (Å²) in [6, 6.07) is 0. The molecule has 7 nitrogen and oxygen atoms in total. The minimum Gasteiger partial charge on any atom is -0.459 e. The third kappa shape index (κ3) is 4.71. The van der Waals surface area contributed by atoms with E-state index in [0.717, 1.165) is 0 Å². The SMILES string of the molecule is C=CCNC(=O)[C@@H](C)OC(=O)c1[nH]c(C)c(C(=O)OC(C)C)c1C. The molecule has 0 saturated carbocycles. The monoisotopic (exact) mass is 336 g/mol. The van der Waals surface area contributed by atoms with Gasteiger partial charge in [-0.2, -0.15) is 0 Å². The first-order valence-corrected chi connectivity index (χ1v) is 7.68. The van der Waals surface area contributed by atoms with Gasteiger partial charge in [0.25, 0.3) is 5.91 Å². The van der Waals surface area contributed by atoms with Gasteiger partial charge in [-0.3, -0.25) is 4.79 Å². The molecule has 0 aliphatic heterocycles. The third-order valence-electron chi connectivity index (χ3n) is 3.26. The van der Waals surface area contributed by atoms with E-state index in [0.29, 0.717) is 16.8 Å². The molecule has 0 aliphatic carbocycles. The molecular weight excluding hydrogens is 312 g/mol. The molecule has 7 heteroatoms. The number of aromatic amines is 1. The van der Waals surface area contributed by atoms with Crippen LogP contribution in [0.2, 0.25) is 0 Å². The quantitative estimate of drug-likeness (QED) is 0.586. The molecule has 1 aromatic heterocycles. The molecular formula is C17H24N2O5. The smallest absolute Gasteiger partial charge is 0.355 e. The second-order valence-electron chi connectivity index (χ2n) is 5.66. The van der Waals surface area contributed by atoms with E-state index in [9.17, 15) is 14.4 Å². The molecule has 1 aromatic rings. The van der Waals surface area contributed by atoms with Crippen molar-refractivity contribution in [3.8, 4) is 0 Å². The van der Waals surface area contributed by atoms with Crippen LogP contribution in [0.5, 0.6) is 0 Å². The van der Waals surface area contributed by atoms with E-state index in [2.05, 4.69) is 16.9 Å². The maximum absolute atomic E-state index is 12.3. The predicted octanol–water partition coefficient (Wildman–Crippen LogP) is 2.04. The van der Waals surface area contributed by atoms with Crippen molar-refractivity contribution in [2.45, 2.75) is 46.8 Å². The highest BCUT2D eigenvalue weighted by Crippen LogP contribution is 2.20. The zero-order valence-corrected chi connectivity index (χ0v) is 14.7. The summed E-state index contributed by atoms with van der Waals surface area (Å²) < 4.78 is 10.3. The molecule has 0 bridgehead atoms. The highest BCUT2D eigenvalue weighted by Gasteiger charge is 2.26. The number of amides is 1. The molecule has 0 aliphatic rings. The normalized spacial score (nSPS) is 11.8. The van der Waals surface area contributed by atoms with E-state index in [-0.39, 0.29) is 18.3 Å². The van der Waals surface area contributed by atoms with Crippen LogP contribution in [0.15, 0.2) is 12.7 Å². The number of carbonyl (C=O) groups excluding carboxylic acids is 3. The van der Waals surface area contributed by atoms with E-state index in [1.54, 1.807) is 27.7 Å². The second-order valence-corrected chi connectivity index (χ2v) is 5.66. The number of hydrogen-bond donors (Lipinski definition) is 2. The van der Waals surface area contributed by atoms with Crippen molar-refractivity contribution < 1.29 is 23.9 Å². The Morgan fingerprint density at radius 1 is 1.17 bits per heavy atom. The van der Waals surface area contributed by atoms with Gasteiger partial charge in [0.05, 0.1) is 11.7 Å². The van der Waals surface area contributed by atoms with Gasteiger partial charge in [-0.25, -0.2) is 9.59 Å². The lowest BCUT2D eigenvalue weighted by atomic mass is 10.1. The Bertz CT molecular complexity index is 646. The van der Waals surface area contributed by atoms with Crippen LogP contribution in [0.25, 0.3) is 0 Å². The van der Waals surface area contributed by atoms with E-state index < -0.39 is 23.9 Å². The van der Waals surface area contributed by atoms with Crippen LogP contribution in [-0.2, 0) is 14.3 Å². The maximum atomic E-state index is 12.3. The summed E-state index contributed by atoms with van der Waals surface area (Å²) in [5.41, 5.74) is 1.38. The summed E-state index contributed by atoms with van der Waals surface area (Å²) in [5.74, 6) is -1.64. The molecule has 0 saturated heterocycles. The summed E-state index contributed by atoms with van der Waals surface area (Å²) in [6.45, 7) is 12.0. The minimum absolute atomic E-state index is 0.131. The van der Waals surface area contributed by atoms with E-state index in [4.69, 9.17) is 9.47 Å². The number of H-pyrrole nitrogens is 1. The molecule has 1 rings (SSSR count). The average Bonchev–Trinajstić information content (AvgIpc) is 2.78. The van der Waals surface area contributed by atoms with Crippen molar-refractivity contribution in [2.75, 3.05) is 6.54 Å². The number of ether oxygens (including phenoxy) is 2. The van der Waals surface area contributed by atoms with Gasteiger partial charge in [0.2, 0.25) is 0 Å². The van der Waals surface area contributed by atoms with Crippen LogP contribution in [-0.4, -0.2) is 41.6 Å². The number of esters is 2.